The van der Waals surface area contributed by atoms with E-state index in [1.807, 2.05) is 0 Å². The van der Waals surface area contributed by atoms with E-state index in [0.29, 0.717) is 34.8 Å². The first-order valence-electron chi connectivity index (χ1n) is 7.42. The van der Waals surface area contributed by atoms with Crippen molar-refractivity contribution in [1.29, 1.82) is 0 Å². The van der Waals surface area contributed by atoms with Crippen molar-refractivity contribution < 1.29 is 32.5 Å². The number of nitrogens with zero attached hydrogens (tertiary/aromatic N) is 3. The minimum Gasteiger partial charge on any atom is -0.543 e. The first kappa shape index (κ1) is 16.2. The Labute approximate surface area is 143 Å². The molecule has 7 nitrogen and oxygen atoms in total. The number of rotatable bonds is 2. The largest absolute Gasteiger partial charge is 0.543 e. The summed E-state index contributed by atoms with van der Waals surface area (Å²) in [5.74, 6) is -0.807. The molecule has 26 heavy (non-hydrogen) atoms. The van der Waals surface area contributed by atoms with Gasteiger partial charge in [-0.2, -0.15) is 18.3 Å². The molecule has 0 fully saturated rings. The molecule has 4 rings (SSSR count). The summed E-state index contributed by atoms with van der Waals surface area (Å²) in [5, 5.41) is 14.3. The van der Waals surface area contributed by atoms with Crippen molar-refractivity contribution in [2.24, 2.45) is 0 Å². The molecule has 0 amide bonds. The van der Waals surface area contributed by atoms with Gasteiger partial charge in [-0.1, -0.05) is 0 Å². The van der Waals surface area contributed by atoms with Gasteiger partial charge in [0.15, 0.2) is 22.8 Å². The summed E-state index contributed by atoms with van der Waals surface area (Å²) < 4.78 is 51.4. The van der Waals surface area contributed by atoms with Crippen LogP contribution < -0.4 is 14.6 Å². The van der Waals surface area contributed by atoms with Crippen molar-refractivity contribution in [2.45, 2.75) is 6.18 Å². The van der Waals surface area contributed by atoms with E-state index >= 15 is 0 Å². The third-order valence-corrected chi connectivity index (χ3v) is 3.76. The highest BCUT2D eigenvalue weighted by Gasteiger charge is 2.35. The van der Waals surface area contributed by atoms with Gasteiger partial charge in [-0.25, -0.2) is 9.50 Å². The number of carbonyl (C=O) groups is 1. The number of aromatic nitrogens is 3. The highest BCUT2D eigenvalue weighted by atomic mass is 19.4. The number of carbonyl (C=O) groups excluding carboxylic acids is 1. The van der Waals surface area contributed by atoms with Crippen molar-refractivity contribution in [3.8, 4) is 22.8 Å². The number of benzene rings is 1. The molecule has 0 saturated carbocycles. The van der Waals surface area contributed by atoms with E-state index < -0.39 is 23.5 Å². The average Bonchev–Trinajstić information content (AvgIpc) is 3.04. The SMILES string of the molecule is O=C([O-])c1cc2nc(-c3ccc4c(c3)OCCO4)cc(C(F)(F)F)n2n1. The molecule has 0 atom stereocenters. The zero-order valence-electron chi connectivity index (χ0n) is 12.9. The van der Waals surface area contributed by atoms with Gasteiger partial charge in [0.1, 0.15) is 18.9 Å². The molecule has 0 radical (unpaired) electrons. The molecule has 0 saturated heterocycles. The second-order valence-corrected chi connectivity index (χ2v) is 5.47. The highest BCUT2D eigenvalue weighted by Crippen LogP contribution is 2.36. The van der Waals surface area contributed by atoms with Crippen LogP contribution >= 0.6 is 0 Å². The molecule has 10 heteroatoms. The van der Waals surface area contributed by atoms with Gasteiger partial charge < -0.3 is 19.4 Å². The molecule has 0 spiro atoms. The van der Waals surface area contributed by atoms with Crippen LogP contribution in [0.15, 0.2) is 30.3 Å². The average molecular weight is 364 g/mol. The number of fused-ring (bicyclic) bond motifs is 2. The van der Waals surface area contributed by atoms with Gasteiger partial charge in [-0.05, 0) is 24.3 Å². The van der Waals surface area contributed by atoms with Gasteiger partial charge >= 0.3 is 6.18 Å². The molecule has 134 valence electrons. The monoisotopic (exact) mass is 364 g/mol. The first-order chi connectivity index (χ1) is 12.3. The van der Waals surface area contributed by atoms with E-state index in [-0.39, 0.29) is 11.3 Å². The van der Waals surface area contributed by atoms with Gasteiger partial charge in [0.25, 0.3) is 0 Å². The summed E-state index contributed by atoms with van der Waals surface area (Å²) in [7, 11) is 0. The second-order valence-electron chi connectivity index (χ2n) is 5.47. The van der Waals surface area contributed by atoms with E-state index in [9.17, 15) is 23.1 Å². The molecule has 0 unspecified atom stereocenters. The van der Waals surface area contributed by atoms with E-state index in [1.165, 1.54) is 6.07 Å². The lowest BCUT2D eigenvalue weighted by Gasteiger charge is -2.19. The zero-order valence-corrected chi connectivity index (χ0v) is 12.9. The molecule has 0 bridgehead atoms. The summed E-state index contributed by atoms with van der Waals surface area (Å²) in [6.45, 7) is 0.713. The number of carboxylic acids is 1. The fourth-order valence-electron chi connectivity index (χ4n) is 2.63. The van der Waals surface area contributed by atoms with Crippen LogP contribution in [0.3, 0.4) is 0 Å². The molecule has 3 heterocycles. The number of aromatic carboxylic acids is 1. The Hall–Kier alpha value is -3.30. The Balaban J connectivity index is 1.91. The lowest BCUT2D eigenvalue weighted by Crippen LogP contribution is -2.23. The van der Waals surface area contributed by atoms with Crippen LogP contribution in [0, 0.1) is 0 Å². The van der Waals surface area contributed by atoms with Crippen LogP contribution in [-0.2, 0) is 6.18 Å². The summed E-state index contributed by atoms with van der Waals surface area (Å²) >= 11 is 0. The molecule has 3 aromatic rings. The minimum atomic E-state index is -4.76. The number of hydrogen-bond acceptors (Lipinski definition) is 6. The number of halogens is 3. The lowest BCUT2D eigenvalue weighted by molar-refractivity contribution is -0.255. The first-order valence-corrected chi connectivity index (χ1v) is 7.42. The molecular formula is C16H9F3N3O4-. The highest BCUT2D eigenvalue weighted by molar-refractivity contribution is 5.85. The summed E-state index contributed by atoms with van der Waals surface area (Å²) in [4.78, 5) is 15.0. The quantitative estimate of drug-likeness (QED) is 0.686. The predicted molar refractivity (Wildman–Crippen MR) is 78.7 cm³/mol. The van der Waals surface area contributed by atoms with Crippen molar-refractivity contribution in [1.82, 2.24) is 14.6 Å². The van der Waals surface area contributed by atoms with E-state index in [4.69, 9.17) is 9.47 Å². The summed E-state index contributed by atoms with van der Waals surface area (Å²) in [5.41, 5.74) is -1.70. The molecule has 1 aliphatic rings. The van der Waals surface area contributed by atoms with Crippen LogP contribution in [0.5, 0.6) is 11.5 Å². The van der Waals surface area contributed by atoms with Crippen molar-refractivity contribution >= 4 is 11.6 Å². The fraction of sp³-hybridized carbons (Fsp3) is 0.188. The van der Waals surface area contributed by atoms with Crippen LogP contribution in [0.2, 0.25) is 0 Å². The topological polar surface area (TPSA) is 88.8 Å². The summed E-state index contributed by atoms with van der Waals surface area (Å²) in [6.07, 6.45) is -4.76. The number of carboxylic acid groups (broad SMARTS) is 1. The Bertz CT molecular complexity index is 1030. The second kappa shape index (κ2) is 5.61. The Morgan fingerprint density at radius 1 is 1.12 bits per heavy atom. The number of alkyl halides is 3. The third kappa shape index (κ3) is 2.68. The van der Waals surface area contributed by atoms with Crippen molar-refractivity contribution in [3.05, 3.63) is 41.7 Å². The van der Waals surface area contributed by atoms with Crippen molar-refractivity contribution in [2.75, 3.05) is 13.2 Å². The zero-order chi connectivity index (χ0) is 18.5. The van der Waals surface area contributed by atoms with Crippen molar-refractivity contribution in [3.63, 3.8) is 0 Å². The maximum atomic E-state index is 13.4. The fourth-order valence-corrected chi connectivity index (χ4v) is 2.63. The summed E-state index contributed by atoms with van der Waals surface area (Å²) in [6, 6.07) is 6.36. The van der Waals surface area contributed by atoms with Gasteiger partial charge in [0.05, 0.1) is 11.7 Å². The molecule has 2 aromatic heterocycles. The molecule has 1 aromatic carbocycles. The van der Waals surface area contributed by atoms with Gasteiger partial charge in [0, 0.05) is 11.6 Å². The minimum absolute atomic E-state index is 0.00778. The van der Waals surface area contributed by atoms with Crippen LogP contribution in [-0.4, -0.2) is 33.8 Å². The van der Waals surface area contributed by atoms with Gasteiger partial charge in [0.2, 0.25) is 0 Å². The van der Waals surface area contributed by atoms with E-state index in [1.54, 1.807) is 12.1 Å². The van der Waals surface area contributed by atoms with Gasteiger partial charge in [-0.3, -0.25) is 0 Å². The van der Waals surface area contributed by atoms with E-state index in [0.717, 1.165) is 12.1 Å². The maximum Gasteiger partial charge on any atom is 0.433 e. The molecule has 0 aliphatic carbocycles. The molecule has 1 aliphatic heterocycles. The number of ether oxygens (including phenoxy) is 2. The predicted octanol–water partition coefficient (Wildman–Crippen LogP) is 1.55. The molecular weight excluding hydrogens is 355 g/mol. The maximum absolute atomic E-state index is 13.4. The lowest BCUT2D eigenvalue weighted by atomic mass is 10.1. The van der Waals surface area contributed by atoms with Gasteiger partial charge in [-0.15, -0.1) is 0 Å². The Morgan fingerprint density at radius 2 is 1.85 bits per heavy atom. The van der Waals surface area contributed by atoms with Crippen LogP contribution in [0.4, 0.5) is 13.2 Å². The van der Waals surface area contributed by atoms with E-state index in [2.05, 4.69) is 10.1 Å². The normalized spacial score (nSPS) is 13.8. The third-order valence-electron chi connectivity index (χ3n) is 3.76. The van der Waals surface area contributed by atoms with Crippen LogP contribution in [0.1, 0.15) is 16.2 Å². The van der Waals surface area contributed by atoms with Crippen LogP contribution in [0.25, 0.3) is 16.9 Å². The standard InChI is InChI=1S/C16H10F3N3O4/c17-16(18,19)13-6-9(20-14-7-10(15(23)24)21-22(13)14)8-1-2-11-12(5-8)26-4-3-25-11/h1-2,5-7H,3-4H2,(H,23,24)/p-1. The molecule has 0 N–H and O–H groups in total. The smallest absolute Gasteiger partial charge is 0.433 e. The Morgan fingerprint density at radius 3 is 2.54 bits per heavy atom. The Kier molecular flexibility index (Phi) is 3.49. The number of hydrogen-bond donors (Lipinski definition) is 0.